The molecule has 8 aliphatic rings. The number of carbonyl (C=O) groups excluding carboxylic acids is 4. The number of aliphatic hydroxyl groups excluding tert-OH is 23. The van der Waals surface area contributed by atoms with E-state index in [9.17, 15) is 147 Å². The van der Waals surface area contributed by atoms with Gasteiger partial charge in [-0.15, -0.1) is 0 Å². The number of carboxylic acid groups (broad SMARTS) is 1. The molecule has 8 heterocycles. The van der Waals surface area contributed by atoms with Crippen molar-refractivity contribution in [3.8, 4) is 0 Å². The largest absolute Gasteiger partial charge is 0.477 e. The van der Waals surface area contributed by atoms with Gasteiger partial charge in [0.15, 0.2) is 44.0 Å². The summed E-state index contributed by atoms with van der Waals surface area (Å²) in [5.74, 6) is -8.99. The Kier molecular flexibility index (Phi) is 31.5. The molecule has 48 heteroatoms. The standard InChI is InChI=1S/C59H98N4O44/c1-14(71)60-27-18(75)5-59(58(91)92,106-47(27)31(77)19(76)6-64)107-49-34(80)22(9-67)96-56(43(49)89)103-46-25(12-70)99-53(30(38(46)84)63-17(4)74)105-50-40(86)33(79)21(8-66)97-57(50)104-48-35(81)26(13-93-54-41(87)39(85)32(78)20(7-65)95-54)100-55(42(48)88)102-45-24(11-69)98-52(29(37(45)83)62-16(3)73)101-44-23(10-68)94-51(90)28(36(44)82)61-15(2)72/h18-57,64-70,75-90H,5-13H2,1-4H3,(H,60,71)(H,61,72)(H,62,73)(H,63,74)(H,91,92)/t18-,19+,20+,21+,22+,23+,24+,25+,26+,27+,28+,29+,30+,31+,32+,33+,34-,35+,36+,37+,38+,39-,40-,41-,42-,43+,44+,45+,46+,47+,48-,49-,50-,51+,52-,53-,54-,55-,56-,57+,59-/m0/s1. The van der Waals surface area contributed by atoms with Crippen LogP contribution in [-0.4, -0.2) is 456 Å². The highest BCUT2D eigenvalue weighted by Gasteiger charge is 2.63. The van der Waals surface area contributed by atoms with Crippen molar-refractivity contribution in [2.45, 2.75) is 285 Å². The van der Waals surface area contributed by atoms with Crippen molar-refractivity contribution in [3.63, 3.8) is 0 Å². The predicted molar refractivity (Wildman–Crippen MR) is 328 cm³/mol. The number of aliphatic carboxylic acids is 1. The Hall–Kier alpha value is -4.17. The van der Waals surface area contributed by atoms with Crippen LogP contribution in [0.5, 0.6) is 0 Å². The van der Waals surface area contributed by atoms with E-state index in [1.165, 1.54) is 0 Å². The van der Waals surface area contributed by atoms with Gasteiger partial charge in [-0.25, -0.2) is 4.79 Å². The highest BCUT2D eigenvalue weighted by molar-refractivity contribution is 5.77. The fraction of sp³-hybridized carbons (Fsp3) is 0.915. The van der Waals surface area contributed by atoms with Crippen LogP contribution in [0.3, 0.4) is 0 Å². The van der Waals surface area contributed by atoms with Gasteiger partial charge in [0.25, 0.3) is 5.79 Å². The summed E-state index contributed by atoms with van der Waals surface area (Å²) in [6.07, 6.45) is -78.1. The van der Waals surface area contributed by atoms with Gasteiger partial charge >= 0.3 is 5.97 Å². The Morgan fingerprint density at radius 3 is 1.23 bits per heavy atom. The lowest BCUT2D eigenvalue weighted by molar-refractivity contribution is -0.400. The first-order valence-electron chi connectivity index (χ1n) is 33.7. The molecule has 0 aromatic carbocycles. The van der Waals surface area contributed by atoms with Crippen molar-refractivity contribution in [1.82, 2.24) is 21.3 Å². The molecular weight excluding hydrogens is 1470 g/mol. The van der Waals surface area contributed by atoms with Crippen molar-refractivity contribution in [2.75, 3.05) is 52.9 Å². The normalized spacial score (nSPS) is 46.9. The maximum Gasteiger partial charge on any atom is 0.364 e. The van der Waals surface area contributed by atoms with E-state index in [0.29, 0.717) is 0 Å². The van der Waals surface area contributed by atoms with Gasteiger partial charge in [0.1, 0.15) is 189 Å². The van der Waals surface area contributed by atoms with Crippen LogP contribution in [0.2, 0.25) is 0 Å². The molecule has 107 heavy (non-hydrogen) atoms. The predicted octanol–water partition coefficient (Wildman–Crippen LogP) is -18.7. The van der Waals surface area contributed by atoms with E-state index >= 15 is 0 Å². The van der Waals surface area contributed by atoms with E-state index in [0.717, 1.165) is 27.7 Å². The highest BCUT2D eigenvalue weighted by atomic mass is 16.8. The van der Waals surface area contributed by atoms with E-state index < -0.39 is 340 Å². The van der Waals surface area contributed by atoms with Crippen LogP contribution < -0.4 is 21.3 Å². The van der Waals surface area contributed by atoms with Crippen molar-refractivity contribution in [3.05, 3.63) is 0 Å². The second kappa shape index (κ2) is 38.1. The van der Waals surface area contributed by atoms with Crippen LogP contribution in [0.4, 0.5) is 0 Å². The first kappa shape index (κ1) is 88.4. The maximum absolute atomic E-state index is 13.2. The van der Waals surface area contributed by atoms with E-state index in [-0.39, 0.29) is 0 Å². The lowest BCUT2D eigenvalue weighted by Gasteiger charge is -2.51. The molecule has 0 spiro atoms. The molecular formula is C59H98N4O44. The summed E-state index contributed by atoms with van der Waals surface area (Å²) in [7, 11) is 0. The average molecular weight is 1570 g/mol. The average Bonchev–Trinajstić information content (AvgIpc) is 0.756. The van der Waals surface area contributed by atoms with E-state index in [4.69, 9.17) is 71.1 Å². The number of amides is 4. The topological polar surface area (TPSA) is 757 Å². The number of ether oxygens (including phenoxy) is 15. The SMILES string of the molecule is CC(=O)N[C@@H]1[C@@H](O)[C@H](O[C@@H]2O[C@H](CO)[C@@H](O[C@@H]3O[C@H](CO[C@H]4O[C@H](CO)[C@@H](O)[C@H](O)[C@@H]4O)[C@@H](O)[C@H](O[C@H]4O[C@H](CO)[C@@H](O)[C@H](O)[C@@H]4O[C@@H]4O[C@H](CO)[C@@H](O[C@@H]5O[C@H](CO)[C@H](O)[C@H](O[C@]6(C(=O)O)C[C@H](O)[C@@H](NC(C)=O)[C@H]([C@H](O)[C@H](O)CO)O6)[C@H]5O)[C@H](O)[C@H]4NC(C)=O)[C@@H]3O)[C@H](O)[C@H]2NC(C)=O)[C@@H](CO)O[C@H]1O. The lowest BCUT2D eigenvalue weighted by Crippen LogP contribution is -2.71. The Bertz CT molecular complexity index is 2870. The highest BCUT2D eigenvalue weighted by Crippen LogP contribution is 2.41. The van der Waals surface area contributed by atoms with Crippen LogP contribution in [-0.2, 0) is 95.0 Å². The molecule has 8 saturated heterocycles. The fourth-order valence-electron chi connectivity index (χ4n) is 13.7. The molecule has 48 nitrogen and oxygen atoms in total. The van der Waals surface area contributed by atoms with Gasteiger partial charge in [-0.2, -0.15) is 0 Å². The second-order valence-corrected chi connectivity index (χ2v) is 26.8. The summed E-state index contributed by atoms with van der Waals surface area (Å²) in [5, 5.41) is 274. The number of nitrogens with one attached hydrogen (secondary N) is 4. The van der Waals surface area contributed by atoms with Crippen molar-refractivity contribution < 1.29 is 218 Å². The van der Waals surface area contributed by atoms with Gasteiger partial charge in [0.05, 0.1) is 65.0 Å². The summed E-state index contributed by atoms with van der Waals surface area (Å²) < 4.78 is 87.7. The molecule has 8 aliphatic heterocycles. The zero-order chi connectivity index (χ0) is 79.3. The molecule has 8 rings (SSSR count). The molecule has 0 saturated carbocycles. The van der Waals surface area contributed by atoms with Gasteiger partial charge in [-0.3, -0.25) is 19.2 Å². The molecule has 0 unspecified atom stereocenters. The first-order valence-corrected chi connectivity index (χ1v) is 33.7. The van der Waals surface area contributed by atoms with Crippen LogP contribution >= 0.6 is 0 Å². The van der Waals surface area contributed by atoms with Crippen LogP contribution in [0.25, 0.3) is 0 Å². The van der Waals surface area contributed by atoms with Gasteiger partial charge < -0.3 is 215 Å². The van der Waals surface area contributed by atoms with Crippen molar-refractivity contribution >= 4 is 29.6 Å². The number of carboxylic acids is 1. The summed E-state index contributed by atoms with van der Waals surface area (Å²) >= 11 is 0. The van der Waals surface area contributed by atoms with Crippen molar-refractivity contribution in [1.29, 1.82) is 0 Å². The molecule has 0 aliphatic carbocycles. The maximum atomic E-state index is 13.2. The minimum Gasteiger partial charge on any atom is -0.477 e. The number of aliphatic hydroxyl groups is 23. The molecule has 4 amide bonds. The Morgan fingerprint density at radius 1 is 0.383 bits per heavy atom. The van der Waals surface area contributed by atoms with E-state index in [2.05, 4.69) is 21.3 Å². The lowest BCUT2D eigenvalue weighted by atomic mass is 9.88. The molecule has 0 radical (unpaired) electrons. The van der Waals surface area contributed by atoms with E-state index in [1.54, 1.807) is 0 Å². The zero-order valence-corrected chi connectivity index (χ0v) is 57.4. The molecule has 0 aromatic rings. The first-order chi connectivity index (χ1) is 50.4. The minimum atomic E-state index is -3.28. The number of rotatable bonds is 29. The summed E-state index contributed by atoms with van der Waals surface area (Å²) in [5.41, 5.74) is 0. The van der Waals surface area contributed by atoms with Gasteiger partial charge in [0, 0.05) is 34.1 Å². The molecule has 8 fully saturated rings. The number of hydrogen-bond donors (Lipinski definition) is 28. The van der Waals surface area contributed by atoms with Crippen LogP contribution in [0.15, 0.2) is 0 Å². The third-order valence-electron chi connectivity index (χ3n) is 19.2. The third kappa shape index (κ3) is 19.6. The fourth-order valence-corrected chi connectivity index (χ4v) is 13.7. The summed E-state index contributed by atoms with van der Waals surface area (Å²) in [6, 6.07) is -7.29. The van der Waals surface area contributed by atoms with E-state index in [1.807, 2.05) is 0 Å². The van der Waals surface area contributed by atoms with Crippen LogP contribution in [0, 0.1) is 0 Å². The smallest absolute Gasteiger partial charge is 0.364 e. The Labute approximate surface area is 605 Å². The number of hydrogen-bond acceptors (Lipinski definition) is 43. The molecule has 0 bridgehead atoms. The van der Waals surface area contributed by atoms with Crippen molar-refractivity contribution in [2.24, 2.45) is 0 Å². The van der Waals surface area contributed by atoms with Gasteiger partial charge in [-0.1, -0.05) is 0 Å². The monoisotopic (exact) mass is 1570 g/mol. The van der Waals surface area contributed by atoms with Crippen LogP contribution in [0.1, 0.15) is 34.1 Å². The third-order valence-corrected chi connectivity index (χ3v) is 19.2. The molecule has 28 N–H and O–H groups in total. The molecule has 0 aromatic heterocycles. The summed E-state index contributed by atoms with van der Waals surface area (Å²) in [4.78, 5) is 63.3. The Morgan fingerprint density at radius 2 is 0.757 bits per heavy atom. The Balaban J connectivity index is 1.09. The summed E-state index contributed by atoms with van der Waals surface area (Å²) in [6.45, 7) is -5.15. The van der Waals surface area contributed by atoms with Gasteiger partial charge in [0.2, 0.25) is 23.6 Å². The zero-order valence-electron chi connectivity index (χ0n) is 57.4. The van der Waals surface area contributed by atoms with Gasteiger partial charge in [-0.05, 0) is 0 Å². The minimum absolute atomic E-state index is 0.771. The molecule has 618 valence electrons. The molecule has 41 atom stereocenters. The quantitative estimate of drug-likeness (QED) is 0.0331. The second-order valence-electron chi connectivity index (χ2n) is 26.8. The number of carbonyl (C=O) groups is 5.